The van der Waals surface area contributed by atoms with Crippen LogP contribution in [-0.2, 0) is 18.3 Å². The van der Waals surface area contributed by atoms with Gasteiger partial charge in [-0.2, -0.15) is 0 Å². The molecule has 0 saturated carbocycles. The number of unbranched alkanes of at least 4 members (excludes halogenated alkanes) is 10. The van der Waals surface area contributed by atoms with Crippen molar-refractivity contribution in [3.8, 4) is 11.1 Å². The average molecular weight is 642 g/mol. The van der Waals surface area contributed by atoms with E-state index in [0.717, 1.165) is 12.8 Å². The first-order valence-electron chi connectivity index (χ1n) is 19.7. The Kier molecular flexibility index (Phi) is 13.0. The molecule has 256 valence electrons. The van der Waals surface area contributed by atoms with Gasteiger partial charge in [-0.15, -0.1) is 0 Å². The molecule has 4 aromatic carbocycles. The highest BCUT2D eigenvalue weighted by molar-refractivity contribution is 5.95. The maximum atomic E-state index is 2.58. The van der Waals surface area contributed by atoms with Gasteiger partial charge < -0.3 is 4.90 Å². The standard InChI is InChI=1S/C47H63N/c1-7-11-13-15-17-21-32-47(33-22-18-16-14-12-8-2)43-25-20-19-24-42(43)46-44(47)26-23-27-45(46)48(40-30-28-36(5)38(9-3)34-40)41-31-29-37(6)39(10-4)35-41/h19-20,23-31,34-35H,7-18,21-22,32-33H2,1-6H3. The number of rotatable bonds is 19. The molecule has 0 unspecified atom stereocenters. The fourth-order valence-corrected chi connectivity index (χ4v) is 8.53. The molecular formula is C47H63N. The minimum atomic E-state index is 0.0762. The second kappa shape index (κ2) is 17.4. The molecule has 48 heavy (non-hydrogen) atoms. The fraction of sp³-hybridized carbons (Fsp3) is 0.489. The summed E-state index contributed by atoms with van der Waals surface area (Å²) >= 11 is 0. The van der Waals surface area contributed by atoms with Gasteiger partial charge in [0, 0.05) is 22.4 Å². The van der Waals surface area contributed by atoms with Crippen molar-refractivity contribution in [3.05, 3.63) is 112 Å². The molecule has 5 rings (SSSR count). The van der Waals surface area contributed by atoms with E-state index >= 15 is 0 Å². The molecule has 0 N–H and O–H groups in total. The average Bonchev–Trinajstić information content (AvgIpc) is 3.39. The summed E-state index contributed by atoms with van der Waals surface area (Å²) in [5.41, 5.74) is 15.6. The van der Waals surface area contributed by atoms with Crippen LogP contribution in [0.15, 0.2) is 78.9 Å². The van der Waals surface area contributed by atoms with Crippen molar-refractivity contribution in [1.82, 2.24) is 0 Å². The van der Waals surface area contributed by atoms with Crippen molar-refractivity contribution in [3.63, 3.8) is 0 Å². The number of aryl methyl sites for hydroxylation is 4. The van der Waals surface area contributed by atoms with Crippen LogP contribution >= 0.6 is 0 Å². The van der Waals surface area contributed by atoms with Crippen molar-refractivity contribution in [2.75, 3.05) is 4.90 Å². The smallest absolute Gasteiger partial charge is 0.0543 e. The number of nitrogens with zero attached hydrogens (tertiary/aromatic N) is 1. The van der Waals surface area contributed by atoms with Gasteiger partial charge in [-0.05, 0) is 109 Å². The zero-order valence-electron chi connectivity index (χ0n) is 31.3. The van der Waals surface area contributed by atoms with Crippen molar-refractivity contribution in [1.29, 1.82) is 0 Å². The van der Waals surface area contributed by atoms with Gasteiger partial charge in [0.1, 0.15) is 0 Å². The molecule has 1 nitrogen and oxygen atoms in total. The normalized spacial score (nSPS) is 13.0. The molecular weight excluding hydrogens is 579 g/mol. The maximum absolute atomic E-state index is 2.58. The molecule has 0 radical (unpaired) electrons. The topological polar surface area (TPSA) is 3.24 Å². The largest absolute Gasteiger partial charge is 0.310 e. The number of hydrogen-bond donors (Lipinski definition) is 0. The predicted molar refractivity (Wildman–Crippen MR) is 212 cm³/mol. The molecule has 1 aliphatic carbocycles. The van der Waals surface area contributed by atoms with E-state index in [1.807, 2.05) is 0 Å². The molecule has 0 fully saturated rings. The number of benzene rings is 4. The second-order valence-corrected chi connectivity index (χ2v) is 14.6. The summed E-state index contributed by atoms with van der Waals surface area (Å²) in [5.74, 6) is 0. The Bertz CT molecular complexity index is 1540. The monoisotopic (exact) mass is 641 g/mol. The molecule has 4 aromatic rings. The Labute approximate surface area is 294 Å². The summed E-state index contributed by atoms with van der Waals surface area (Å²) in [6, 6.07) is 31.0. The fourth-order valence-electron chi connectivity index (χ4n) is 8.53. The van der Waals surface area contributed by atoms with E-state index in [9.17, 15) is 0 Å². The molecule has 0 amide bonds. The Morgan fingerprint density at radius 3 is 1.54 bits per heavy atom. The van der Waals surface area contributed by atoms with Gasteiger partial charge in [0.05, 0.1) is 5.69 Å². The molecule has 0 bridgehead atoms. The van der Waals surface area contributed by atoms with Crippen molar-refractivity contribution in [2.24, 2.45) is 0 Å². The summed E-state index contributed by atoms with van der Waals surface area (Å²) in [4.78, 5) is 2.58. The van der Waals surface area contributed by atoms with Crippen molar-refractivity contribution < 1.29 is 0 Å². The Balaban J connectivity index is 1.66. The van der Waals surface area contributed by atoms with E-state index in [0.29, 0.717) is 0 Å². The Morgan fingerprint density at radius 1 is 0.500 bits per heavy atom. The van der Waals surface area contributed by atoms with Gasteiger partial charge >= 0.3 is 0 Å². The first-order chi connectivity index (χ1) is 23.5. The third kappa shape index (κ3) is 7.77. The Hall–Kier alpha value is -3.32. The van der Waals surface area contributed by atoms with Crippen LogP contribution in [0.1, 0.15) is 151 Å². The summed E-state index contributed by atoms with van der Waals surface area (Å²) in [6.45, 7) is 13.7. The van der Waals surface area contributed by atoms with E-state index < -0.39 is 0 Å². The zero-order chi connectivity index (χ0) is 33.9. The quantitative estimate of drug-likeness (QED) is 0.0921. The van der Waals surface area contributed by atoms with E-state index in [1.165, 1.54) is 140 Å². The van der Waals surface area contributed by atoms with Crippen LogP contribution in [-0.4, -0.2) is 0 Å². The van der Waals surface area contributed by atoms with Gasteiger partial charge in [-0.25, -0.2) is 0 Å². The molecule has 0 atom stereocenters. The molecule has 0 saturated heterocycles. The molecule has 0 heterocycles. The third-order valence-corrected chi connectivity index (χ3v) is 11.4. The van der Waals surface area contributed by atoms with Crippen LogP contribution in [0.5, 0.6) is 0 Å². The number of fused-ring (bicyclic) bond motifs is 3. The highest BCUT2D eigenvalue weighted by Gasteiger charge is 2.43. The molecule has 0 aliphatic heterocycles. The lowest BCUT2D eigenvalue weighted by molar-refractivity contribution is 0.398. The summed E-state index contributed by atoms with van der Waals surface area (Å²) in [6.07, 6.45) is 20.7. The highest BCUT2D eigenvalue weighted by Crippen LogP contribution is 2.58. The van der Waals surface area contributed by atoms with Gasteiger partial charge in [-0.3, -0.25) is 0 Å². The molecule has 1 aliphatic rings. The lowest BCUT2D eigenvalue weighted by atomic mass is 9.70. The van der Waals surface area contributed by atoms with Crippen LogP contribution in [0.2, 0.25) is 0 Å². The van der Waals surface area contributed by atoms with Gasteiger partial charge in [-0.1, -0.05) is 153 Å². The summed E-state index contributed by atoms with van der Waals surface area (Å²) < 4.78 is 0. The lowest BCUT2D eigenvalue weighted by Crippen LogP contribution is -2.25. The highest BCUT2D eigenvalue weighted by atomic mass is 15.1. The molecule has 0 aromatic heterocycles. The second-order valence-electron chi connectivity index (χ2n) is 14.6. The van der Waals surface area contributed by atoms with Crippen LogP contribution in [0.25, 0.3) is 11.1 Å². The van der Waals surface area contributed by atoms with Crippen molar-refractivity contribution >= 4 is 17.1 Å². The van der Waals surface area contributed by atoms with Crippen molar-refractivity contribution in [2.45, 2.75) is 150 Å². The number of hydrogen-bond acceptors (Lipinski definition) is 1. The number of anilines is 3. The first kappa shape index (κ1) is 36.0. The van der Waals surface area contributed by atoms with E-state index in [-0.39, 0.29) is 5.41 Å². The van der Waals surface area contributed by atoms with Crippen LogP contribution in [0, 0.1) is 13.8 Å². The van der Waals surface area contributed by atoms with Crippen LogP contribution < -0.4 is 4.90 Å². The SMILES string of the molecule is CCCCCCCCC1(CCCCCCCC)c2ccccc2-c2c(N(c3ccc(C)c(CC)c3)c3ccc(C)c(CC)c3)cccc21. The predicted octanol–water partition coefficient (Wildman–Crippen LogP) is 14.7. The van der Waals surface area contributed by atoms with E-state index in [2.05, 4.69) is 125 Å². The van der Waals surface area contributed by atoms with E-state index in [1.54, 1.807) is 11.1 Å². The van der Waals surface area contributed by atoms with Gasteiger partial charge in [0.25, 0.3) is 0 Å². The van der Waals surface area contributed by atoms with E-state index in [4.69, 9.17) is 0 Å². The van der Waals surface area contributed by atoms with Gasteiger partial charge in [0.2, 0.25) is 0 Å². The Morgan fingerprint density at radius 2 is 1.00 bits per heavy atom. The lowest BCUT2D eigenvalue weighted by Gasteiger charge is -2.34. The minimum absolute atomic E-state index is 0.0762. The zero-order valence-corrected chi connectivity index (χ0v) is 31.3. The van der Waals surface area contributed by atoms with Crippen LogP contribution in [0.3, 0.4) is 0 Å². The molecule has 1 heteroatoms. The summed E-state index contributed by atoms with van der Waals surface area (Å²) in [5, 5.41) is 0. The third-order valence-electron chi connectivity index (χ3n) is 11.4. The van der Waals surface area contributed by atoms with Crippen LogP contribution in [0.4, 0.5) is 17.1 Å². The maximum Gasteiger partial charge on any atom is 0.0543 e. The van der Waals surface area contributed by atoms with Gasteiger partial charge in [0.15, 0.2) is 0 Å². The summed E-state index contributed by atoms with van der Waals surface area (Å²) in [7, 11) is 0. The first-order valence-corrected chi connectivity index (χ1v) is 19.7. The molecule has 0 spiro atoms. The minimum Gasteiger partial charge on any atom is -0.310 e.